The molecular formula is C12H12F2O2. The monoisotopic (exact) mass is 226 g/mol. The van der Waals surface area contributed by atoms with Gasteiger partial charge in [-0.2, -0.15) is 8.78 Å². The lowest BCUT2D eigenvalue weighted by Gasteiger charge is -2.15. The highest BCUT2D eigenvalue weighted by atomic mass is 19.3. The first-order chi connectivity index (χ1) is 7.37. The van der Waals surface area contributed by atoms with Crippen LogP contribution in [-0.2, 0) is 4.79 Å². The van der Waals surface area contributed by atoms with Gasteiger partial charge in [0.2, 0.25) is 11.6 Å². The van der Waals surface area contributed by atoms with Crippen LogP contribution >= 0.6 is 0 Å². The normalized spacial score (nSPS) is 11.6. The molecule has 0 fully saturated rings. The van der Waals surface area contributed by atoms with E-state index in [0.29, 0.717) is 0 Å². The van der Waals surface area contributed by atoms with Crippen LogP contribution in [0.15, 0.2) is 30.3 Å². The summed E-state index contributed by atoms with van der Waals surface area (Å²) in [4.78, 5) is 22.6. The fourth-order valence-corrected chi connectivity index (χ4v) is 1.25. The molecule has 0 aliphatic carbocycles. The first-order valence-electron chi connectivity index (χ1n) is 4.89. The number of hydrogen-bond donors (Lipinski definition) is 0. The van der Waals surface area contributed by atoms with Crippen molar-refractivity contribution in [3.8, 4) is 0 Å². The van der Waals surface area contributed by atoms with Gasteiger partial charge in [0.15, 0.2) is 0 Å². The van der Waals surface area contributed by atoms with Gasteiger partial charge in [-0.3, -0.25) is 9.59 Å². The molecule has 0 aromatic heterocycles. The van der Waals surface area contributed by atoms with Crippen molar-refractivity contribution in [2.45, 2.75) is 19.8 Å². The first kappa shape index (κ1) is 12.5. The maximum absolute atomic E-state index is 13.4. The third-order valence-corrected chi connectivity index (χ3v) is 2.15. The van der Waals surface area contributed by atoms with Crippen molar-refractivity contribution in [3.05, 3.63) is 35.9 Å². The molecule has 0 radical (unpaired) electrons. The Morgan fingerprint density at radius 1 is 1.12 bits per heavy atom. The van der Waals surface area contributed by atoms with Crippen LogP contribution in [0.1, 0.15) is 24.2 Å². The summed E-state index contributed by atoms with van der Waals surface area (Å²) in [5, 5.41) is 0. The predicted octanol–water partition coefficient (Wildman–Crippen LogP) is 2.73. The van der Waals surface area contributed by atoms with Crippen molar-refractivity contribution in [3.63, 3.8) is 0 Å². The van der Waals surface area contributed by atoms with Crippen molar-refractivity contribution >= 4 is 11.6 Å². The Bertz CT molecular complexity index is 397. The molecule has 0 bridgehead atoms. The van der Waals surface area contributed by atoms with Crippen LogP contribution in [0.5, 0.6) is 0 Å². The quantitative estimate of drug-likeness (QED) is 0.584. The fourth-order valence-electron chi connectivity index (χ4n) is 1.25. The molecule has 2 nitrogen and oxygen atoms in total. The largest absolute Gasteiger partial charge is 0.367 e. The standard InChI is InChI=1S/C12H12F2O2/c1-8(2)10(15)12(13,14)11(16)9-6-4-3-5-7-9/h3-8H,1-2H3. The Balaban J connectivity index is 3.02. The van der Waals surface area contributed by atoms with E-state index >= 15 is 0 Å². The fraction of sp³-hybridized carbons (Fsp3) is 0.333. The maximum atomic E-state index is 13.4. The minimum Gasteiger partial charge on any atom is -0.292 e. The number of Topliss-reactive ketones (excluding diaryl/α,β-unsaturated/α-hetero) is 2. The smallest absolute Gasteiger partial charge is 0.292 e. The van der Waals surface area contributed by atoms with E-state index < -0.39 is 23.4 Å². The molecule has 0 heterocycles. The summed E-state index contributed by atoms with van der Waals surface area (Å²) >= 11 is 0. The minimum atomic E-state index is -3.94. The Morgan fingerprint density at radius 3 is 2.06 bits per heavy atom. The number of hydrogen-bond acceptors (Lipinski definition) is 2. The summed E-state index contributed by atoms with van der Waals surface area (Å²) in [6.45, 7) is 2.68. The topological polar surface area (TPSA) is 34.1 Å². The van der Waals surface area contributed by atoms with Gasteiger partial charge in [-0.05, 0) is 0 Å². The number of ketones is 2. The van der Waals surface area contributed by atoms with Crippen molar-refractivity contribution in [1.29, 1.82) is 0 Å². The number of benzene rings is 1. The summed E-state index contributed by atoms with van der Waals surface area (Å²) < 4.78 is 26.9. The Morgan fingerprint density at radius 2 is 1.62 bits per heavy atom. The van der Waals surface area contributed by atoms with Gasteiger partial charge in [0.05, 0.1) is 0 Å². The lowest BCUT2D eigenvalue weighted by Crippen LogP contribution is -2.40. The van der Waals surface area contributed by atoms with Crippen LogP contribution in [0.3, 0.4) is 0 Å². The van der Waals surface area contributed by atoms with Crippen LogP contribution in [0.25, 0.3) is 0 Å². The van der Waals surface area contributed by atoms with E-state index in [-0.39, 0.29) is 5.56 Å². The Labute approximate surface area is 92.3 Å². The Hall–Kier alpha value is -1.58. The van der Waals surface area contributed by atoms with Crippen molar-refractivity contribution in [2.75, 3.05) is 0 Å². The SMILES string of the molecule is CC(C)C(=O)C(F)(F)C(=O)c1ccccc1. The molecule has 0 saturated heterocycles. The number of halogens is 2. The van der Waals surface area contributed by atoms with Crippen LogP contribution in [-0.4, -0.2) is 17.5 Å². The predicted molar refractivity (Wildman–Crippen MR) is 55.6 cm³/mol. The summed E-state index contributed by atoms with van der Waals surface area (Å²) in [6.07, 6.45) is 0. The van der Waals surface area contributed by atoms with Gasteiger partial charge >= 0.3 is 5.92 Å². The van der Waals surface area contributed by atoms with Gasteiger partial charge in [-0.15, -0.1) is 0 Å². The zero-order valence-electron chi connectivity index (χ0n) is 9.04. The van der Waals surface area contributed by atoms with Crippen LogP contribution in [0, 0.1) is 5.92 Å². The van der Waals surface area contributed by atoms with Gasteiger partial charge in [-0.1, -0.05) is 44.2 Å². The van der Waals surface area contributed by atoms with Crippen molar-refractivity contribution < 1.29 is 18.4 Å². The minimum absolute atomic E-state index is 0.151. The summed E-state index contributed by atoms with van der Waals surface area (Å²) in [5.74, 6) is -7.59. The molecule has 1 rings (SSSR count). The molecule has 0 amide bonds. The molecule has 1 aromatic rings. The van der Waals surface area contributed by atoms with Gasteiger partial charge in [0, 0.05) is 11.5 Å². The van der Waals surface area contributed by atoms with Gasteiger partial charge in [0.25, 0.3) is 0 Å². The molecule has 0 atom stereocenters. The molecule has 1 aromatic carbocycles. The average Bonchev–Trinajstić information content (AvgIpc) is 2.28. The molecule has 0 spiro atoms. The lowest BCUT2D eigenvalue weighted by atomic mass is 9.96. The second-order valence-electron chi connectivity index (χ2n) is 3.79. The van der Waals surface area contributed by atoms with E-state index in [0.717, 1.165) is 0 Å². The van der Waals surface area contributed by atoms with E-state index in [9.17, 15) is 18.4 Å². The number of carbonyl (C=O) groups is 2. The van der Waals surface area contributed by atoms with Gasteiger partial charge < -0.3 is 0 Å². The average molecular weight is 226 g/mol. The van der Waals surface area contributed by atoms with E-state index in [1.165, 1.54) is 38.1 Å². The first-order valence-corrected chi connectivity index (χ1v) is 4.89. The zero-order chi connectivity index (χ0) is 12.3. The van der Waals surface area contributed by atoms with E-state index in [1.807, 2.05) is 0 Å². The van der Waals surface area contributed by atoms with E-state index in [1.54, 1.807) is 6.07 Å². The lowest BCUT2D eigenvalue weighted by molar-refractivity contribution is -0.140. The van der Waals surface area contributed by atoms with Crippen molar-refractivity contribution in [2.24, 2.45) is 5.92 Å². The molecule has 86 valence electrons. The third kappa shape index (κ3) is 2.32. The highest BCUT2D eigenvalue weighted by Gasteiger charge is 2.47. The molecular weight excluding hydrogens is 214 g/mol. The maximum Gasteiger partial charge on any atom is 0.367 e. The summed E-state index contributed by atoms with van der Waals surface area (Å²) in [7, 11) is 0. The third-order valence-electron chi connectivity index (χ3n) is 2.15. The molecule has 4 heteroatoms. The molecule has 16 heavy (non-hydrogen) atoms. The summed E-state index contributed by atoms with van der Waals surface area (Å²) in [6, 6.07) is 7.10. The van der Waals surface area contributed by atoms with Crippen LogP contribution in [0.4, 0.5) is 8.78 Å². The second kappa shape index (κ2) is 4.51. The zero-order valence-corrected chi connectivity index (χ0v) is 9.04. The van der Waals surface area contributed by atoms with Gasteiger partial charge in [-0.25, -0.2) is 0 Å². The van der Waals surface area contributed by atoms with Gasteiger partial charge in [0.1, 0.15) is 0 Å². The number of alkyl halides is 2. The molecule has 0 N–H and O–H groups in total. The number of rotatable bonds is 4. The molecule has 0 saturated carbocycles. The van der Waals surface area contributed by atoms with E-state index in [2.05, 4.69) is 0 Å². The molecule has 0 unspecified atom stereocenters. The van der Waals surface area contributed by atoms with Crippen molar-refractivity contribution in [1.82, 2.24) is 0 Å². The highest BCUT2D eigenvalue weighted by Crippen LogP contribution is 2.24. The Kier molecular flexibility index (Phi) is 3.52. The molecule has 0 aliphatic heterocycles. The number of carbonyl (C=O) groups excluding carboxylic acids is 2. The van der Waals surface area contributed by atoms with E-state index in [4.69, 9.17) is 0 Å². The van der Waals surface area contributed by atoms with Crippen LogP contribution in [0.2, 0.25) is 0 Å². The van der Waals surface area contributed by atoms with Crippen LogP contribution < -0.4 is 0 Å². The second-order valence-corrected chi connectivity index (χ2v) is 3.79. The summed E-state index contributed by atoms with van der Waals surface area (Å²) in [5.41, 5.74) is -0.151. The highest BCUT2D eigenvalue weighted by molar-refractivity contribution is 6.16. The molecule has 0 aliphatic rings.